The minimum absolute atomic E-state index is 0.135. The molecule has 1 saturated carbocycles. The molecule has 3 aromatic rings. The molecular weight excluding hydrogens is 480 g/mol. The first-order valence-corrected chi connectivity index (χ1v) is 12.8. The summed E-state index contributed by atoms with van der Waals surface area (Å²) in [6.07, 6.45) is 4.52. The van der Waals surface area contributed by atoms with Crippen LogP contribution in [0.5, 0.6) is 0 Å². The maximum absolute atomic E-state index is 13.4. The third-order valence-electron chi connectivity index (χ3n) is 6.33. The third kappa shape index (κ3) is 5.44. The lowest BCUT2D eigenvalue weighted by Gasteiger charge is -2.23. The Hall–Kier alpha value is -3.10. The molecule has 1 saturated heterocycles. The Balaban J connectivity index is 1.30. The first-order valence-electron chi connectivity index (χ1n) is 11.6. The summed E-state index contributed by atoms with van der Waals surface area (Å²) >= 11 is 6.67. The molecule has 2 fully saturated rings. The van der Waals surface area contributed by atoms with E-state index in [1.54, 1.807) is 17.2 Å². The van der Waals surface area contributed by atoms with Gasteiger partial charge < -0.3 is 13.7 Å². The second kappa shape index (κ2) is 9.87. The van der Waals surface area contributed by atoms with Gasteiger partial charge in [0.2, 0.25) is 5.91 Å². The molecule has 1 aliphatic heterocycles. The molecule has 1 aliphatic carbocycles. The largest absolute Gasteiger partial charge is 0.467 e. The van der Waals surface area contributed by atoms with E-state index in [-0.39, 0.29) is 31.4 Å². The number of benzene rings is 1. The topological polar surface area (TPSA) is 66.9 Å². The van der Waals surface area contributed by atoms with Gasteiger partial charge in [-0.15, -0.1) is 0 Å². The first-order chi connectivity index (χ1) is 16.9. The fraction of sp³-hybridized carbons (Fsp3) is 0.296. The molecule has 6 nitrogen and oxygen atoms in total. The molecule has 1 aromatic carbocycles. The van der Waals surface area contributed by atoms with Crippen LogP contribution in [0.15, 0.2) is 68.5 Å². The van der Waals surface area contributed by atoms with Crippen LogP contribution in [-0.2, 0) is 22.7 Å². The lowest BCUT2D eigenvalue weighted by molar-refractivity contribution is -0.136. The van der Waals surface area contributed by atoms with Crippen LogP contribution in [0.25, 0.3) is 6.08 Å². The van der Waals surface area contributed by atoms with Gasteiger partial charge in [-0.25, -0.2) is 0 Å². The van der Waals surface area contributed by atoms with E-state index in [0.29, 0.717) is 32.6 Å². The number of hydrogen-bond acceptors (Lipinski definition) is 6. The Labute approximate surface area is 214 Å². The number of furan rings is 2. The number of carbonyl (C=O) groups excluding carboxylic acids is 2. The number of rotatable bonds is 8. The molecule has 0 bridgehead atoms. The van der Waals surface area contributed by atoms with E-state index in [0.717, 1.165) is 23.3 Å². The summed E-state index contributed by atoms with van der Waals surface area (Å²) < 4.78 is 11.9. The van der Waals surface area contributed by atoms with Gasteiger partial charge in [0.25, 0.3) is 5.91 Å². The van der Waals surface area contributed by atoms with Crippen LogP contribution in [0.2, 0.25) is 0 Å². The summed E-state index contributed by atoms with van der Waals surface area (Å²) in [7, 11) is 0. The van der Waals surface area contributed by atoms with Crippen molar-refractivity contribution < 1.29 is 18.4 Å². The SMILES string of the molecule is Cc1ccc(/C=C2\SC(=S)N(CC(=O)N(Cc3ccco3)Cc3ccc(C4CC4C)o3)C2=O)cc1. The van der Waals surface area contributed by atoms with Crippen molar-refractivity contribution in [2.45, 2.75) is 39.3 Å². The molecule has 0 N–H and O–H groups in total. The highest BCUT2D eigenvalue weighted by Crippen LogP contribution is 2.47. The van der Waals surface area contributed by atoms with Gasteiger partial charge in [-0.1, -0.05) is 60.7 Å². The summed E-state index contributed by atoms with van der Waals surface area (Å²) in [6, 6.07) is 15.4. The molecule has 3 heterocycles. The average Bonchev–Trinajstić information content (AvgIpc) is 3.18. The van der Waals surface area contributed by atoms with Crippen LogP contribution in [0.1, 0.15) is 47.7 Å². The quantitative estimate of drug-likeness (QED) is 0.287. The molecular formula is C27H26N2O4S2. The molecule has 2 unspecified atom stereocenters. The average molecular weight is 507 g/mol. The van der Waals surface area contributed by atoms with E-state index in [1.165, 1.54) is 16.7 Å². The van der Waals surface area contributed by atoms with E-state index in [9.17, 15) is 9.59 Å². The molecule has 8 heteroatoms. The normalized spacial score (nSPS) is 20.6. The summed E-state index contributed by atoms with van der Waals surface area (Å²) in [5, 5.41) is 0. The fourth-order valence-electron chi connectivity index (χ4n) is 4.09. The highest BCUT2D eigenvalue weighted by Gasteiger charge is 2.37. The highest BCUT2D eigenvalue weighted by molar-refractivity contribution is 8.26. The molecule has 5 rings (SSSR count). The monoisotopic (exact) mass is 506 g/mol. The number of aryl methyl sites for hydroxylation is 1. The molecule has 0 spiro atoms. The predicted octanol–water partition coefficient (Wildman–Crippen LogP) is 5.73. The van der Waals surface area contributed by atoms with Gasteiger partial charge in [-0.05, 0) is 55.2 Å². The maximum atomic E-state index is 13.4. The number of nitrogens with zero attached hydrogens (tertiary/aromatic N) is 2. The smallest absolute Gasteiger partial charge is 0.266 e. The zero-order valence-electron chi connectivity index (χ0n) is 19.6. The fourth-order valence-corrected chi connectivity index (χ4v) is 5.35. The summed E-state index contributed by atoms with van der Waals surface area (Å²) in [5.74, 6) is 2.96. The second-order valence-electron chi connectivity index (χ2n) is 9.13. The van der Waals surface area contributed by atoms with Crippen molar-refractivity contribution in [2.24, 2.45) is 5.92 Å². The standard InChI is InChI=1S/C27H26N2O4S2/c1-17-5-7-19(8-6-17)13-24-26(31)29(27(34)35-24)16-25(30)28(14-20-4-3-11-32-20)15-21-9-10-23(33-21)22-12-18(22)2/h3-11,13,18,22H,12,14-16H2,1-2H3/b24-13-. The zero-order chi connectivity index (χ0) is 24.5. The maximum Gasteiger partial charge on any atom is 0.266 e. The minimum atomic E-state index is -0.255. The van der Waals surface area contributed by atoms with E-state index < -0.39 is 0 Å². The minimum Gasteiger partial charge on any atom is -0.467 e. The Kier molecular flexibility index (Phi) is 6.67. The van der Waals surface area contributed by atoms with Gasteiger partial charge in [-0.3, -0.25) is 14.5 Å². The Morgan fingerprint density at radius 1 is 1.17 bits per heavy atom. The Bertz CT molecular complexity index is 1280. The van der Waals surface area contributed by atoms with E-state index in [2.05, 4.69) is 6.92 Å². The van der Waals surface area contributed by atoms with E-state index in [4.69, 9.17) is 21.1 Å². The highest BCUT2D eigenvalue weighted by atomic mass is 32.2. The van der Waals surface area contributed by atoms with Crippen molar-refractivity contribution in [2.75, 3.05) is 6.54 Å². The van der Waals surface area contributed by atoms with Crippen LogP contribution in [0, 0.1) is 12.8 Å². The summed E-state index contributed by atoms with van der Waals surface area (Å²) in [5.41, 5.74) is 2.06. The van der Waals surface area contributed by atoms with E-state index >= 15 is 0 Å². The number of hydrogen-bond donors (Lipinski definition) is 0. The van der Waals surface area contributed by atoms with E-state index in [1.807, 2.05) is 55.5 Å². The zero-order valence-corrected chi connectivity index (χ0v) is 21.2. The van der Waals surface area contributed by atoms with Crippen molar-refractivity contribution in [3.63, 3.8) is 0 Å². The molecule has 2 aliphatic rings. The van der Waals surface area contributed by atoms with Crippen molar-refractivity contribution >= 4 is 46.2 Å². The van der Waals surface area contributed by atoms with Crippen LogP contribution < -0.4 is 0 Å². The number of thiocarbonyl (C=S) groups is 1. The summed E-state index contributed by atoms with van der Waals surface area (Å²) in [6.45, 7) is 4.64. The van der Waals surface area contributed by atoms with Crippen molar-refractivity contribution in [3.8, 4) is 0 Å². The second-order valence-corrected chi connectivity index (χ2v) is 10.8. The Morgan fingerprint density at radius 2 is 1.91 bits per heavy atom. The molecule has 180 valence electrons. The van der Waals surface area contributed by atoms with Gasteiger partial charge >= 0.3 is 0 Å². The number of thioether (sulfide) groups is 1. The third-order valence-corrected chi connectivity index (χ3v) is 7.70. The van der Waals surface area contributed by atoms with Gasteiger partial charge in [0.1, 0.15) is 28.1 Å². The molecule has 0 radical (unpaired) electrons. The van der Waals surface area contributed by atoms with Gasteiger partial charge in [0.15, 0.2) is 0 Å². The molecule has 2 amide bonds. The molecule has 35 heavy (non-hydrogen) atoms. The predicted molar refractivity (Wildman–Crippen MR) is 139 cm³/mol. The van der Waals surface area contributed by atoms with Gasteiger partial charge in [0, 0.05) is 5.92 Å². The Morgan fingerprint density at radius 3 is 2.60 bits per heavy atom. The lowest BCUT2D eigenvalue weighted by atomic mass is 10.1. The number of amides is 2. The van der Waals surface area contributed by atoms with Crippen molar-refractivity contribution in [3.05, 3.63) is 88.1 Å². The number of carbonyl (C=O) groups is 2. The van der Waals surface area contributed by atoms with Gasteiger partial charge in [-0.2, -0.15) is 0 Å². The summed E-state index contributed by atoms with van der Waals surface area (Å²) in [4.78, 5) is 30.0. The van der Waals surface area contributed by atoms with Crippen molar-refractivity contribution in [1.29, 1.82) is 0 Å². The van der Waals surface area contributed by atoms with Crippen LogP contribution in [0.3, 0.4) is 0 Å². The molecule has 2 aromatic heterocycles. The first kappa shape index (κ1) is 23.6. The van der Waals surface area contributed by atoms with Crippen LogP contribution >= 0.6 is 24.0 Å². The van der Waals surface area contributed by atoms with Crippen molar-refractivity contribution in [1.82, 2.24) is 9.80 Å². The van der Waals surface area contributed by atoms with Crippen LogP contribution in [-0.4, -0.2) is 32.5 Å². The van der Waals surface area contributed by atoms with Crippen LogP contribution in [0.4, 0.5) is 0 Å². The van der Waals surface area contributed by atoms with Gasteiger partial charge in [0.05, 0.1) is 24.3 Å². The molecule has 2 atom stereocenters. The lowest BCUT2D eigenvalue weighted by Crippen LogP contribution is -2.41.